The average molecular weight is 479 g/mol. The number of nitrogens with zero attached hydrogens (tertiary/aromatic N) is 3. The molecule has 6 nitrogen and oxygen atoms in total. The largest absolute Gasteiger partial charge is 0.464 e. The molecule has 0 radical (unpaired) electrons. The van der Waals surface area contributed by atoms with Crippen molar-refractivity contribution >= 4 is 17.2 Å². The minimum atomic E-state index is -2.48. The number of amides is 1. The van der Waals surface area contributed by atoms with Gasteiger partial charge in [-0.25, -0.2) is 13.8 Å². The van der Waals surface area contributed by atoms with E-state index in [1.54, 1.807) is 6.20 Å². The van der Waals surface area contributed by atoms with E-state index in [4.69, 9.17) is 4.74 Å². The van der Waals surface area contributed by atoms with Crippen molar-refractivity contribution in [1.29, 1.82) is 0 Å². The minimum Gasteiger partial charge on any atom is -0.464 e. The molecule has 1 amide bonds. The summed E-state index contributed by atoms with van der Waals surface area (Å²) < 4.78 is 29.8. The van der Waals surface area contributed by atoms with E-state index in [0.717, 1.165) is 80.0 Å². The molecule has 1 fully saturated rings. The highest BCUT2D eigenvalue weighted by Crippen LogP contribution is 2.31. The molecular weight excluding hydrogens is 446 g/mol. The zero-order valence-electron chi connectivity index (χ0n) is 19.1. The number of fused-ring (bicyclic) bond motifs is 1. The van der Waals surface area contributed by atoms with Gasteiger partial charge < -0.3 is 10.1 Å². The Morgan fingerprint density at radius 1 is 1.33 bits per heavy atom. The maximum atomic E-state index is 12.4. The highest BCUT2D eigenvalue weighted by Gasteiger charge is 2.25. The first-order valence-electron chi connectivity index (χ1n) is 11.8. The van der Waals surface area contributed by atoms with Crippen LogP contribution in [0.3, 0.4) is 0 Å². The van der Waals surface area contributed by atoms with Crippen LogP contribution in [-0.4, -0.2) is 52.9 Å². The molecular formula is C24H32F2N4O2S. The van der Waals surface area contributed by atoms with Crippen LogP contribution in [0.15, 0.2) is 18.3 Å². The molecule has 9 heteroatoms. The van der Waals surface area contributed by atoms with Crippen molar-refractivity contribution in [3.63, 3.8) is 0 Å². The summed E-state index contributed by atoms with van der Waals surface area (Å²) in [6.45, 7) is 4.11. The van der Waals surface area contributed by atoms with Gasteiger partial charge >= 0.3 is 0 Å². The molecule has 33 heavy (non-hydrogen) atoms. The fraction of sp³-hybridized carbons (Fsp3) is 0.625. The van der Waals surface area contributed by atoms with Crippen molar-refractivity contribution in [2.45, 2.75) is 70.9 Å². The van der Waals surface area contributed by atoms with E-state index in [0.29, 0.717) is 17.5 Å². The van der Waals surface area contributed by atoms with Crippen LogP contribution in [0.4, 0.5) is 8.78 Å². The first-order chi connectivity index (χ1) is 15.9. The summed E-state index contributed by atoms with van der Waals surface area (Å²) in [5.41, 5.74) is 2.92. The van der Waals surface area contributed by atoms with E-state index in [1.165, 1.54) is 11.3 Å². The normalized spacial score (nSPS) is 21.1. The number of hydrogen-bond acceptors (Lipinski definition) is 6. The molecule has 0 atom stereocenters. The van der Waals surface area contributed by atoms with Gasteiger partial charge in [0.05, 0.1) is 12.1 Å². The zero-order chi connectivity index (χ0) is 23.2. The van der Waals surface area contributed by atoms with Gasteiger partial charge in [-0.1, -0.05) is 11.3 Å². The van der Waals surface area contributed by atoms with Crippen molar-refractivity contribution < 1.29 is 18.3 Å². The Morgan fingerprint density at radius 2 is 2.15 bits per heavy atom. The number of nitrogens with one attached hydrogen (secondary N) is 1. The van der Waals surface area contributed by atoms with Crippen LogP contribution < -0.4 is 10.1 Å². The van der Waals surface area contributed by atoms with Gasteiger partial charge in [0.2, 0.25) is 5.91 Å². The minimum absolute atomic E-state index is 0.0910. The molecule has 4 rings (SSSR count). The number of rotatable bonds is 9. The summed E-state index contributed by atoms with van der Waals surface area (Å²) in [6, 6.07) is 4.13. The van der Waals surface area contributed by atoms with Gasteiger partial charge in [-0.15, -0.1) is 0 Å². The number of aryl methyl sites for hydroxylation is 1. The van der Waals surface area contributed by atoms with Crippen LogP contribution in [0.5, 0.6) is 5.19 Å². The lowest BCUT2D eigenvalue weighted by atomic mass is 9.84. The molecule has 0 bridgehead atoms. The molecule has 1 aliphatic carbocycles. The number of pyridine rings is 1. The van der Waals surface area contributed by atoms with Crippen molar-refractivity contribution in [3.05, 3.63) is 40.2 Å². The van der Waals surface area contributed by atoms with E-state index in [2.05, 4.69) is 20.2 Å². The molecule has 1 saturated carbocycles. The van der Waals surface area contributed by atoms with Gasteiger partial charge in [0, 0.05) is 35.9 Å². The average Bonchev–Trinajstić information content (AvgIpc) is 3.19. The summed E-state index contributed by atoms with van der Waals surface area (Å²) in [5.74, 6) is 0.774. The maximum absolute atomic E-state index is 12.4. The van der Waals surface area contributed by atoms with Crippen molar-refractivity contribution in [3.8, 4) is 5.19 Å². The van der Waals surface area contributed by atoms with Crippen LogP contribution in [0.1, 0.15) is 53.9 Å². The fourth-order valence-corrected chi connectivity index (χ4v) is 5.67. The molecule has 1 aliphatic heterocycles. The Morgan fingerprint density at radius 3 is 2.91 bits per heavy atom. The predicted molar refractivity (Wildman–Crippen MR) is 124 cm³/mol. The Balaban J connectivity index is 1.15. The number of alkyl halides is 2. The molecule has 2 aromatic heterocycles. The quantitative estimate of drug-likeness (QED) is 0.586. The molecule has 0 unspecified atom stereocenters. The van der Waals surface area contributed by atoms with Crippen LogP contribution in [0, 0.1) is 12.8 Å². The van der Waals surface area contributed by atoms with Gasteiger partial charge in [0.1, 0.15) is 0 Å². The lowest BCUT2D eigenvalue weighted by Crippen LogP contribution is -2.39. The molecule has 2 aliphatic rings. The molecule has 3 heterocycles. The summed E-state index contributed by atoms with van der Waals surface area (Å²) in [5, 5.41) is 3.57. The van der Waals surface area contributed by atoms with Gasteiger partial charge in [-0.3, -0.25) is 14.7 Å². The van der Waals surface area contributed by atoms with E-state index in [1.807, 2.05) is 19.1 Å². The third-order valence-electron chi connectivity index (χ3n) is 6.51. The topological polar surface area (TPSA) is 67.4 Å². The SMILES string of the molecule is Cc1cc(CC(=O)N[C@H]2CC[C@H](CCN3CCc4sc(OCC(F)F)nc4C3)CC2)ccn1. The second-order valence-corrected chi connectivity index (χ2v) is 10.2. The summed E-state index contributed by atoms with van der Waals surface area (Å²) in [6.07, 6.45) is 6.08. The Kier molecular flexibility index (Phi) is 8.25. The molecule has 0 spiro atoms. The third kappa shape index (κ3) is 7.17. The second-order valence-electron chi connectivity index (χ2n) is 9.13. The van der Waals surface area contributed by atoms with E-state index in [-0.39, 0.29) is 11.9 Å². The van der Waals surface area contributed by atoms with Crippen molar-refractivity contribution in [2.24, 2.45) is 5.92 Å². The van der Waals surface area contributed by atoms with Crippen LogP contribution >= 0.6 is 11.3 Å². The lowest BCUT2D eigenvalue weighted by Gasteiger charge is -2.32. The van der Waals surface area contributed by atoms with Crippen LogP contribution in [-0.2, 0) is 24.2 Å². The molecule has 1 N–H and O–H groups in total. The first-order valence-corrected chi connectivity index (χ1v) is 12.6. The highest BCUT2D eigenvalue weighted by molar-refractivity contribution is 7.13. The molecule has 0 saturated heterocycles. The van der Waals surface area contributed by atoms with Gasteiger partial charge in [-0.2, -0.15) is 0 Å². The summed E-state index contributed by atoms with van der Waals surface area (Å²) in [7, 11) is 0. The first kappa shape index (κ1) is 24.0. The van der Waals surface area contributed by atoms with Crippen LogP contribution in [0.25, 0.3) is 0 Å². The van der Waals surface area contributed by atoms with Crippen molar-refractivity contribution in [2.75, 3.05) is 19.7 Å². The number of carbonyl (C=O) groups excluding carboxylic acids is 1. The number of hydrogen-bond donors (Lipinski definition) is 1. The Bertz CT molecular complexity index is 931. The van der Waals surface area contributed by atoms with Gasteiger partial charge in [-0.05, 0) is 75.6 Å². The molecule has 180 valence electrons. The number of thiazole rings is 1. The number of aromatic nitrogens is 2. The number of halogens is 2. The lowest BCUT2D eigenvalue weighted by molar-refractivity contribution is -0.121. The van der Waals surface area contributed by atoms with E-state index >= 15 is 0 Å². The maximum Gasteiger partial charge on any atom is 0.273 e. The number of carbonyl (C=O) groups is 1. The second kappa shape index (κ2) is 11.3. The zero-order valence-corrected chi connectivity index (χ0v) is 19.9. The van der Waals surface area contributed by atoms with Crippen LogP contribution in [0.2, 0.25) is 0 Å². The monoisotopic (exact) mass is 478 g/mol. The number of ether oxygens (including phenoxy) is 1. The summed E-state index contributed by atoms with van der Waals surface area (Å²) >= 11 is 1.40. The molecule has 0 aromatic carbocycles. The Labute approximate surface area is 197 Å². The highest BCUT2D eigenvalue weighted by atomic mass is 32.1. The predicted octanol–water partition coefficient (Wildman–Crippen LogP) is 4.16. The smallest absolute Gasteiger partial charge is 0.273 e. The fourth-order valence-electron chi connectivity index (χ4n) is 4.75. The van der Waals surface area contributed by atoms with Crippen molar-refractivity contribution in [1.82, 2.24) is 20.2 Å². The van der Waals surface area contributed by atoms with E-state index < -0.39 is 13.0 Å². The van der Waals surface area contributed by atoms with E-state index in [9.17, 15) is 13.6 Å². The van der Waals surface area contributed by atoms with Gasteiger partial charge in [0.25, 0.3) is 11.6 Å². The third-order valence-corrected chi connectivity index (χ3v) is 7.58. The van der Waals surface area contributed by atoms with Gasteiger partial charge in [0.15, 0.2) is 6.61 Å². The Hall–Kier alpha value is -2.13. The molecule has 2 aromatic rings. The standard InChI is InChI=1S/C24H32F2N4O2S/c1-16-12-18(6-9-27-16)13-23(31)28-19-4-2-17(3-5-19)7-10-30-11-8-21-20(14-30)29-24(33-21)32-15-22(25)26/h6,9,12,17,19,22H,2-5,7-8,10-11,13-15H2,1H3,(H,28,31)/t17-,19-. The summed E-state index contributed by atoms with van der Waals surface area (Å²) in [4.78, 5) is 24.6.